The molecular formula is C20H22N2O5S2. The summed E-state index contributed by atoms with van der Waals surface area (Å²) in [5, 5.41) is 5.20. The Bertz CT molecular complexity index is 1050. The highest BCUT2D eigenvalue weighted by Gasteiger charge is 2.27. The van der Waals surface area contributed by atoms with E-state index in [9.17, 15) is 18.0 Å². The minimum Gasteiger partial charge on any atom is -0.495 e. The van der Waals surface area contributed by atoms with E-state index in [1.54, 1.807) is 44.2 Å². The number of para-hydroxylation sites is 2. The number of rotatable bonds is 6. The molecule has 29 heavy (non-hydrogen) atoms. The molecule has 2 amide bonds. The number of sulfone groups is 1. The molecule has 0 bridgehead atoms. The number of fused-ring (bicyclic) bond motifs is 1. The molecule has 2 N–H and O–H groups in total. The monoisotopic (exact) mass is 434 g/mol. The molecule has 1 aliphatic rings. The number of anilines is 2. The van der Waals surface area contributed by atoms with Crippen LogP contribution in [-0.2, 0) is 19.4 Å². The quantitative estimate of drug-likeness (QED) is 0.724. The number of methoxy groups -OCH3 is 1. The molecule has 0 saturated heterocycles. The molecule has 0 aliphatic carbocycles. The number of hydrogen-bond donors (Lipinski definition) is 2. The van der Waals surface area contributed by atoms with Gasteiger partial charge in [0.05, 0.1) is 34.4 Å². The van der Waals surface area contributed by atoms with Gasteiger partial charge in [0.2, 0.25) is 11.8 Å². The van der Waals surface area contributed by atoms with Gasteiger partial charge in [-0.3, -0.25) is 9.59 Å². The number of thioether (sulfide) groups is 1. The van der Waals surface area contributed by atoms with Crippen LogP contribution in [-0.4, -0.2) is 38.3 Å². The fourth-order valence-corrected chi connectivity index (χ4v) is 5.39. The van der Waals surface area contributed by atoms with E-state index in [4.69, 9.17) is 4.74 Å². The molecule has 2 aromatic rings. The van der Waals surface area contributed by atoms with Gasteiger partial charge in [-0.1, -0.05) is 19.1 Å². The van der Waals surface area contributed by atoms with Gasteiger partial charge in [0, 0.05) is 10.8 Å². The third-order valence-electron chi connectivity index (χ3n) is 4.52. The Kier molecular flexibility index (Phi) is 6.18. The summed E-state index contributed by atoms with van der Waals surface area (Å²) < 4.78 is 30.9. The van der Waals surface area contributed by atoms with Crippen LogP contribution in [0.4, 0.5) is 11.4 Å². The number of benzene rings is 2. The Morgan fingerprint density at radius 1 is 1.28 bits per heavy atom. The van der Waals surface area contributed by atoms with Gasteiger partial charge in [0.15, 0.2) is 9.84 Å². The van der Waals surface area contributed by atoms with Crippen LogP contribution in [0.2, 0.25) is 0 Å². The van der Waals surface area contributed by atoms with E-state index in [-0.39, 0.29) is 21.8 Å². The van der Waals surface area contributed by atoms with Gasteiger partial charge in [0.1, 0.15) is 5.75 Å². The van der Waals surface area contributed by atoms with Gasteiger partial charge >= 0.3 is 0 Å². The Hall–Kier alpha value is -2.52. The van der Waals surface area contributed by atoms with Crippen molar-refractivity contribution >= 4 is 44.8 Å². The summed E-state index contributed by atoms with van der Waals surface area (Å²) in [5.41, 5.74) is 0.956. The van der Waals surface area contributed by atoms with Crippen LogP contribution >= 0.6 is 11.8 Å². The lowest BCUT2D eigenvalue weighted by molar-refractivity contribution is -0.119. The Morgan fingerprint density at radius 3 is 2.72 bits per heavy atom. The zero-order chi connectivity index (χ0) is 21.2. The van der Waals surface area contributed by atoms with Crippen molar-refractivity contribution in [1.82, 2.24) is 0 Å². The maximum absolute atomic E-state index is 12.8. The van der Waals surface area contributed by atoms with E-state index in [0.29, 0.717) is 17.1 Å². The van der Waals surface area contributed by atoms with Crippen LogP contribution < -0.4 is 15.4 Å². The van der Waals surface area contributed by atoms with Crippen molar-refractivity contribution in [2.45, 2.75) is 28.9 Å². The average molecular weight is 435 g/mol. The first-order valence-electron chi connectivity index (χ1n) is 8.99. The fourth-order valence-electron chi connectivity index (χ4n) is 2.89. The van der Waals surface area contributed by atoms with Crippen molar-refractivity contribution in [3.63, 3.8) is 0 Å². The third-order valence-corrected chi connectivity index (χ3v) is 7.61. The van der Waals surface area contributed by atoms with Crippen LogP contribution in [0.1, 0.15) is 13.8 Å². The number of hydrogen-bond acceptors (Lipinski definition) is 6. The second-order valence-corrected chi connectivity index (χ2v) is 10.2. The molecule has 0 spiro atoms. The number of carbonyl (C=O) groups is 2. The summed E-state index contributed by atoms with van der Waals surface area (Å²) in [6.45, 7) is 3.34. The second-order valence-electron chi connectivity index (χ2n) is 6.78. The Labute approximate surface area is 174 Å². The molecule has 2 atom stereocenters. The Balaban J connectivity index is 1.74. The lowest BCUT2D eigenvalue weighted by atomic mass is 10.2. The lowest BCUT2D eigenvalue weighted by Crippen LogP contribution is -2.28. The van der Waals surface area contributed by atoms with Crippen LogP contribution in [0.25, 0.3) is 0 Å². The van der Waals surface area contributed by atoms with Crippen molar-refractivity contribution in [1.29, 1.82) is 0 Å². The first-order chi connectivity index (χ1) is 13.7. The number of amides is 2. The molecule has 1 heterocycles. The van der Waals surface area contributed by atoms with Crippen LogP contribution in [0.3, 0.4) is 0 Å². The minimum absolute atomic E-state index is 0.0728. The fraction of sp³-hybridized carbons (Fsp3) is 0.300. The largest absolute Gasteiger partial charge is 0.495 e. The summed E-state index contributed by atoms with van der Waals surface area (Å²) >= 11 is 1.38. The summed E-state index contributed by atoms with van der Waals surface area (Å²) in [6.07, 6.45) is 0. The van der Waals surface area contributed by atoms with Crippen LogP contribution in [0.15, 0.2) is 52.3 Å². The summed E-state index contributed by atoms with van der Waals surface area (Å²) in [5.74, 6) is -1.24. The maximum Gasteiger partial charge on any atom is 0.237 e. The standard InChI is InChI=1S/C20H22N2O5S2/c1-12(19(23)21-15-6-4-5-7-17(15)27-3)11-29(25,26)14-8-9-18-16(10-14)22-20(24)13(2)28-18/h4-10,12-13H,11H2,1-3H3,(H,21,23)(H,22,24)/t12-,13-/m0/s1. The number of ether oxygens (including phenoxy) is 1. The van der Waals surface area contributed by atoms with Gasteiger partial charge in [-0.05, 0) is 37.3 Å². The molecule has 0 saturated carbocycles. The van der Waals surface area contributed by atoms with Gasteiger partial charge < -0.3 is 15.4 Å². The van der Waals surface area contributed by atoms with Gasteiger partial charge in [-0.2, -0.15) is 0 Å². The zero-order valence-corrected chi connectivity index (χ0v) is 17.9. The smallest absolute Gasteiger partial charge is 0.237 e. The predicted molar refractivity (Wildman–Crippen MR) is 113 cm³/mol. The average Bonchev–Trinajstić information content (AvgIpc) is 2.68. The number of carbonyl (C=O) groups excluding carboxylic acids is 2. The second kappa shape index (κ2) is 8.46. The highest BCUT2D eigenvalue weighted by Crippen LogP contribution is 2.37. The van der Waals surface area contributed by atoms with Crippen molar-refractivity contribution in [2.24, 2.45) is 5.92 Å². The van der Waals surface area contributed by atoms with Gasteiger partial charge in [-0.15, -0.1) is 11.8 Å². The van der Waals surface area contributed by atoms with E-state index in [0.717, 1.165) is 4.90 Å². The number of nitrogens with one attached hydrogen (secondary N) is 2. The molecule has 1 aliphatic heterocycles. The normalized spacial score (nSPS) is 17.1. The SMILES string of the molecule is COc1ccccc1NC(=O)[C@@H](C)CS(=O)(=O)c1ccc2c(c1)NC(=O)[C@H](C)S2. The first kappa shape index (κ1) is 21.2. The molecular weight excluding hydrogens is 412 g/mol. The highest BCUT2D eigenvalue weighted by atomic mass is 32.2. The molecule has 0 radical (unpaired) electrons. The van der Waals surface area contributed by atoms with E-state index in [1.807, 2.05) is 0 Å². The Morgan fingerprint density at radius 2 is 2.00 bits per heavy atom. The summed E-state index contributed by atoms with van der Waals surface area (Å²) in [6, 6.07) is 11.6. The van der Waals surface area contributed by atoms with E-state index >= 15 is 0 Å². The van der Waals surface area contributed by atoms with Crippen molar-refractivity contribution in [2.75, 3.05) is 23.5 Å². The predicted octanol–water partition coefficient (Wildman–Crippen LogP) is 3.18. The van der Waals surface area contributed by atoms with E-state index in [1.165, 1.54) is 31.0 Å². The van der Waals surface area contributed by atoms with E-state index in [2.05, 4.69) is 10.6 Å². The van der Waals surface area contributed by atoms with Gasteiger partial charge in [0.25, 0.3) is 0 Å². The minimum atomic E-state index is -3.73. The van der Waals surface area contributed by atoms with Crippen LogP contribution in [0, 0.1) is 5.92 Å². The molecule has 0 aromatic heterocycles. The topological polar surface area (TPSA) is 102 Å². The van der Waals surface area contributed by atoms with Crippen molar-refractivity contribution in [3.8, 4) is 5.75 Å². The molecule has 9 heteroatoms. The summed E-state index contributed by atoms with van der Waals surface area (Å²) in [7, 11) is -2.24. The third kappa shape index (κ3) is 4.73. The van der Waals surface area contributed by atoms with Crippen molar-refractivity contribution < 1.29 is 22.7 Å². The maximum atomic E-state index is 12.8. The van der Waals surface area contributed by atoms with Crippen molar-refractivity contribution in [3.05, 3.63) is 42.5 Å². The molecule has 3 rings (SSSR count). The molecule has 0 fully saturated rings. The molecule has 2 aromatic carbocycles. The highest BCUT2D eigenvalue weighted by molar-refractivity contribution is 8.01. The lowest BCUT2D eigenvalue weighted by Gasteiger charge is -2.22. The summed E-state index contributed by atoms with van der Waals surface area (Å²) in [4.78, 5) is 25.3. The first-order valence-corrected chi connectivity index (χ1v) is 11.5. The van der Waals surface area contributed by atoms with Gasteiger partial charge in [-0.25, -0.2) is 8.42 Å². The molecule has 0 unspecified atom stereocenters. The van der Waals surface area contributed by atoms with E-state index < -0.39 is 21.7 Å². The molecule has 7 nitrogen and oxygen atoms in total. The zero-order valence-electron chi connectivity index (χ0n) is 16.3. The molecule has 154 valence electrons. The van der Waals surface area contributed by atoms with Crippen LogP contribution in [0.5, 0.6) is 5.75 Å².